The lowest BCUT2D eigenvalue weighted by atomic mass is 10.0. The van der Waals surface area contributed by atoms with Crippen LogP contribution in [-0.4, -0.2) is 54.0 Å². The predicted octanol–water partition coefficient (Wildman–Crippen LogP) is 5.37. The van der Waals surface area contributed by atoms with Crippen LogP contribution >= 0.6 is 11.3 Å². The molecule has 0 aliphatic carbocycles. The van der Waals surface area contributed by atoms with Gasteiger partial charge in [0.15, 0.2) is 0 Å². The molecular formula is C29H29N3O2S. The molecule has 0 spiro atoms. The number of hydrogen-bond acceptors (Lipinski definition) is 5. The second kappa shape index (κ2) is 10.8. The lowest BCUT2D eigenvalue weighted by Crippen LogP contribution is -2.48. The molecule has 178 valence electrons. The molecule has 0 bridgehead atoms. The maximum Gasteiger partial charge on any atom is 0.227 e. The SMILES string of the molecule is COc1cccc(-c2csc(CN3CCN(C(=O)Cc4ccc(-c5ccccc5)cc4)CC3)n2)c1. The van der Waals surface area contributed by atoms with Gasteiger partial charge < -0.3 is 9.64 Å². The Morgan fingerprint density at radius 1 is 0.886 bits per heavy atom. The fraction of sp³-hybridized carbons (Fsp3) is 0.241. The van der Waals surface area contributed by atoms with E-state index in [4.69, 9.17) is 9.72 Å². The van der Waals surface area contributed by atoms with E-state index in [0.29, 0.717) is 6.42 Å². The van der Waals surface area contributed by atoms with Crippen molar-refractivity contribution in [3.8, 4) is 28.1 Å². The number of ether oxygens (including phenoxy) is 1. The Kier molecular flexibility index (Phi) is 7.21. The Balaban J connectivity index is 1.12. The van der Waals surface area contributed by atoms with Crippen LogP contribution in [0, 0.1) is 0 Å². The van der Waals surface area contributed by atoms with Crippen molar-refractivity contribution in [1.82, 2.24) is 14.8 Å². The highest BCUT2D eigenvalue weighted by molar-refractivity contribution is 7.09. The molecule has 1 fully saturated rings. The third-order valence-corrected chi connectivity index (χ3v) is 7.25. The molecule has 0 radical (unpaired) electrons. The van der Waals surface area contributed by atoms with E-state index in [1.165, 1.54) is 11.1 Å². The summed E-state index contributed by atoms with van der Waals surface area (Å²) >= 11 is 1.69. The van der Waals surface area contributed by atoms with Crippen LogP contribution in [0.4, 0.5) is 0 Å². The minimum atomic E-state index is 0.201. The maximum absolute atomic E-state index is 12.9. The van der Waals surface area contributed by atoms with Gasteiger partial charge in [-0.15, -0.1) is 11.3 Å². The smallest absolute Gasteiger partial charge is 0.227 e. The van der Waals surface area contributed by atoms with Crippen molar-refractivity contribution in [2.24, 2.45) is 0 Å². The average Bonchev–Trinajstić information content (AvgIpc) is 3.38. The Bertz CT molecular complexity index is 1260. The number of rotatable bonds is 7. The topological polar surface area (TPSA) is 45.7 Å². The molecule has 1 aromatic heterocycles. The van der Waals surface area contributed by atoms with Crippen molar-refractivity contribution in [2.75, 3.05) is 33.3 Å². The van der Waals surface area contributed by atoms with E-state index in [-0.39, 0.29) is 5.91 Å². The summed E-state index contributed by atoms with van der Waals surface area (Å²) in [5.41, 5.74) is 5.48. The zero-order chi connectivity index (χ0) is 24.0. The molecule has 5 rings (SSSR count). The summed E-state index contributed by atoms with van der Waals surface area (Å²) in [4.78, 5) is 22.1. The number of benzene rings is 3. The summed E-state index contributed by atoms with van der Waals surface area (Å²) in [6.45, 7) is 4.07. The highest BCUT2D eigenvalue weighted by atomic mass is 32.1. The van der Waals surface area contributed by atoms with Crippen molar-refractivity contribution in [3.63, 3.8) is 0 Å². The van der Waals surface area contributed by atoms with E-state index in [2.05, 4.69) is 52.7 Å². The molecule has 1 saturated heterocycles. The molecule has 1 amide bonds. The second-order valence-electron chi connectivity index (χ2n) is 8.76. The molecule has 1 aliphatic rings. The predicted molar refractivity (Wildman–Crippen MR) is 142 cm³/mol. The van der Waals surface area contributed by atoms with Crippen LogP contribution in [0.3, 0.4) is 0 Å². The Morgan fingerprint density at radius 2 is 1.60 bits per heavy atom. The van der Waals surface area contributed by atoms with Gasteiger partial charge in [0.1, 0.15) is 10.8 Å². The summed E-state index contributed by atoms with van der Waals surface area (Å²) in [6, 6.07) is 26.6. The second-order valence-corrected chi connectivity index (χ2v) is 9.70. The number of nitrogens with zero attached hydrogens (tertiary/aromatic N) is 3. The molecule has 6 heteroatoms. The summed E-state index contributed by atoms with van der Waals surface area (Å²) < 4.78 is 5.33. The van der Waals surface area contributed by atoms with Gasteiger partial charge in [-0.25, -0.2) is 4.98 Å². The molecule has 0 N–H and O–H groups in total. The normalized spacial score (nSPS) is 14.1. The zero-order valence-electron chi connectivity index (χ0n) is 19.9. The third-order valence-electron chi connectivity index (χ3n) is 6.42. The zero-order valence-corrected chi connectivity index (χ0v) is 20.7. The van der Waals surface area contributed by atoms with E-state index in [9.17, 15) is 4.79 Å². The fourth-order valence-corrected chi connectivity index (χ4v) is 5.22. The van der Waals surface area contributed by atoms with Crippen molar-refractivity contribution < 1.29 is 9.53 Å². The van der Waals surface area contributed by atoms with Crippen molar-refractivity contribution >= 4 is 17.2 Å². The number of piperazine rings is 1. The first-order valence-electron chi connectivity index (χ1n) is 11.9. The van der Waals surface area contributed by atoms with E-state index >= 15 is 0 Å². The quantitative estimate of drug-likeness (QED) is 0.354. The van der Waals surface area contributed by atoms with Crippen LogP contribution < -0.4 is 4.74 Å². The average molecular weight is 484 g/mol. The van der Waals surface area contributed by atoms with Crippen LogP contribution in [0.5, 0.6) is 5.75 Å². The van der Waals surface area contributed by atoms with Crippen LogP contribution in [0.2, 0.25) is 0 Å². The van der Waals surface area contributed by atoms with Gasteiger partial charge in [-0.1, -0.05) is 66.7 Å². The largest absolute Gasteiger partial charge is 0.497 e. The van der Waals surface area contributed by atoms with E-state index in [1.54, 1.807) is 18.4 Å². The van der Waals surface area contributed by atoms with E-state index in [1.807, 2.05) is 41.3 Å². The molecule has 35 heavy (non-hydrogen) atoms. The summed E-state index contributed by atoms with van der Waals surface area (Å²) in [6.07, 6.45) is 0.450. The van der Waals surface area contributed by atoms with Crippen molar-refractivity contribution in [3.05, 3.63) is 94.8 Å². The first-order chi connectivity index (χ1) is 17.2. The van der Waals surface area contributed by atoms with Gasteiger partial charge >= 0.3 is 0 Å². The summed E-state index contributed by atoms with van der Waals surface area (Å²) in [5, 5.41) is 3.20. The summed E-state index contributed by atoms with van der Waals surface area (Å²) in [5.74, 6) is 1.04. The first kappa shape index (κ1) is 23.3. The Labute approximate surface area is 210 Å². The van der Waals surface area contributed by atoms with Gasteiger partial charge in [-0.3, -0.25) is 9.69 Å². The van der Waals surface area contributed by atoms with Gasteiger partial charge in [0.25, 0.3) is 0 Å². The van der Waals surface area contributed by atoms with E-state index < -0.39 is 0 Å². The first-order valence-corrected chi connectivity index (χ1v) is 12.8. The number of aromatic nitrogens is 1. The number of thiazole rings is 1. The number of amides is 1. The van der Waals surface area contributed by atoms with Gasteiger partial charge in [0, 0.05) is 37.1 Å². The van der Waals surface area contributed by atoms with Crippen LogP contribution in [0.15, 0.2) is 84.2 Å². The molecule has 4 aromatic rings. The third kappa shape index (κ3) is 5.78. The minimum absolute atomic E-state index is 0.201. The Hall–Kier alpha value is -3.48. The molecule has 0 atom stereocenters. The number of carbonyl (C=O) groups is 1. The summed E-state index contributed by atoms with van der Waals surface area (Å²) in [7, 11) is 1.68. The standard InChI is InChI=1S/C29H29N3O2S/c1-34-26-9-5-8-25(19-26)27-21-35-28(30-27)20-31-14-16-32(17-15-31)29(33)18-22-10-12-24(13-11-22)23-6-3-2-4-7-23/h2-13,19,21H,14-18,20H2,1H3. The number of methoxy groups -OCH3 is 1. The van der Waals surface area contributed by atoms with Crippen LogP contribution in [0.25, 0.3) is 22.4 Å². The number of carbonyl (C=O) groups excluding carboxylic acids is 1. The molecule has 3 aromatic carbocycles. The monoisotopic (exact) mass is 483 g/mol. The highest BCUT2D eigenvalue weighted by Crippen LogP contribution is 2.26. The molecule has 0 saturated carbocycles. The van der Waals surface area contributed by atoms with Crippen LogP contribution in [-0.2, 0) is 17.8 Å². The molecule has 5 nitrogen and oxygen atoms in total. The van der Waals surface area contributed by atoms with Gasteiger partial charge in [0.05, 0.1) is 25.8 Å². The van der Waals surface area contributed by atoms with E-state index in [0.717, 1.165) is 60.3 Å². The van der Waals surface area contributed by atoms with Crippen molar-refractivity contribution in [2.45, 2.75) is 13.0 Å². The van der Waals surface area contributed by atoms with Crippen molar-refractivity contribution in [1.29, 1.82) is 0 Å². The fourth-order valence-electron chi connectivity index (χ4n) is 4.38. The van der Waals surface area contributed by atoms with Gasteiger partial charge in [-0.05, 0) is 28.8 Å². The molecule has 0 unspecified atom stereocenters. The van der Waals surface area contributed by atoms with Gasteiger partial charge in [-0.2, -0.15) is 0 Å². The Morgan fingerprint density at radius 3 is 2.34 bits per heavy atom. The molecule has 2 heterocycles. The molecule has 1 aliphatic heterocycles. The highest BCUT2D eigenvalue weighted by Gasteiger charge is 2.22. The number of hydrogen-bond donors (Lipinski definition) is 0. The van der Waals surface area contributed by atoms with Gasteiger partial charge in [0.2, 0.25) is 5.91 Å². The van der Waals surface area contributed by atoms with Crippen LogP contribution in [0.1, 0.15) is 10.6 Å². The molecular weight excluding hydrogens is 454 g/mol. The minimum Gasteiger partial charge on any atom is -0.497 e. The lowest BCUT2D eigenvalue weighted by Gasteiger charge is -2.34. The maximum atomic E-state index is 12.9. The lowest BCUT2D eigenvalue weighted by molar-refractivity contribution is -0.132.